The van der Waals surface area contributed by atoms with Crippen LogP contribution in [0, 0.1) is 0 Å². The summed E-state index contributed by atoms with van der Waals surface area (Å²) >= 11 is 7.45. The van der Waals surface area contributed by atoms with E-state index in [0.29, 0.717) is 23.5 Å². The molecule has 0 saturated heterocycles. The van der Waals surface area contributed by atoms with Crippen LogP contribution in [-0.2, 0) is 38.1 Å². The molecule has 24 heavy (non-hydrogen) atoms. The fourth-order valence-electron chi connectivity index (χ4n) is 1.57. The molecule has 0 aliphatic carbocycles. The van der Waals surface area contributed by atoms with Gasteiger partial charge in [0.05, 0.1) is 28.4 Å². The SMILES string of the molecule is COC(=O)C1=C(C(=O)OC)S[C@](Br)(C(=O)OC)[C@](Br)(C(=O)OC)S1. The van der Waals surface area contributed by atoms with E-state index in [0.717, 1.165) is 28.4 Å². The first kappa shape index (κ1) is 21.3. The van der Waals surface area contributed by atoms with Gasteiger partial charge in [-0.2, -0.15) is 0 Å². The van der Waals surface area contributed by atoms with Gasteiger partial charge in [0, 0.05) is 0 Å². The summed E-state index contributed by atoms with van der Waals surface area (Å²) in [5.74, 6) is -3.51. The van der Waals surface area contributed by atoms with Gasteiger partial charge >= 0.3 is 23.9 Å². The Kier molecular flexibility index (Phi) is 7.20. The van der Waals surface area contributed by atoms with Gasteiger partial charge in [0.1, 0.15) is 9.81 Å². The maximum Gasteiger partial charge on any atom is 0.345 e. The monoisotopic (exact) mass is 506 g/mol. The fourth-order valence-corrected chi connectivity index (χ4v) is 6.18. The number of ether oxygens (including phenoxy) is 4. The minimum atomic E-state index is -1.81. The van der Waals surface area contributed by atoms with Crippen LogP contribution in [0.25, 0.3) is 0 Å². The van der Waals surface area contributed by atoms with Crippen molar-refractivity contribution in [3.63, 3.8) is 0 Å². The molecule has 0 unspecified atom stereocenters. The Morgan fingerprint density at radius 2 is 1.00 bits per heavy atom. The van der Waals surface area contributed by atoms with E-state index in [1.807, 2.05) is 0 Å². The van der Waals surface area contributed by atoms with Crippen molar-refractivity contribution >= 4 is 79.3 Å². The number of methoxy groups -OCH3 is 4. The summed E-state index contributed by atoms with van der Waals surface area (Å²) in [5, 5.41) is 0. The second-order valence-corrected chi connectivity index (χ2v) is 9.90. The van der Waals surface area contributed by atoms with Gasteiger partial charge in [-0.3, -0.25) is 0 Å². The van der Waals surface area contributed by atoms with Crippen LogP contribution >= 0.6 is 55.4 Å². The quantitative estimate of drug-likeness (QED) is 0.316. The van der Waals surface area contributed by atoms with Crippen molar-refractivity contribution in [1.29, 1.82) is 0 Å². The fraction of sp³-hybridized carbons (Fsp3) is 0.500. The van der Waals surface area contributed by atoms with E-state index in [-0.39, 0.29) is 9.81 Å². The highest BCUT2D eigenvalue weighted by molar-refractivity contribution is 9.16. The number of hydrogen-bond acceptors (Lipinski definition) is 10. The molecule has 0 radical (unpaired) electrons. The van der Waals surface area contributed by atoms with Gasteiger partial charge in [-0.1, -0.05) is 55.4 Å². The number of rotatable bonds is 4. The van der Waals surface area contributed by atoms with Crippen LogP contribution in [0.3, 0.4) is 0 Å². The zero-order valence-corrected chi connectivity index (χ0v) is 17.6. The van der Waals surface area contributed by atoms with E-state index in [1.54, 1.807) is 0 Å². The van der Waals surface area contributed by atoms with Crippen LogP contribution in [0.2, 0.25) is 0 Å². The molecule has 1 aliphatic rings. The average Bonchev–Trinajstić information content (AvgIpc) is 2.60. The van der Waals surface area contributed by atoms with Gasteiger partial charge in [0.15, 0.2) is 0 Å². The van der Waals surface area contributed by atoms with Crippen LogP contribution in [0.4, 0.5) is 0 Å². The Morgan fingerprint density at radius 1 is 0.708 bits per heavy atom. The Morgan fingerprint density at radius 3 is 1.21 bits per heavy atom. The molecule has 2 atom stereocenters. The van der Waals surface area contributed by atoms with E-state index in [2.05, 4.69) is 41.3 Å². The van der Waals surface area contributed by atoms with E-state index in [4.69, 9.17) is 9.47 Å². The second kappa shape index (κ2) is 8.11. The normalized spacial score (nSPS) is 26.4. The summed E-state index contributed by atoms with van der Waals surface area (Å²) in [6.07, 6.45) is 0. The first-order valence-electron chi connectivity index (χ1n) is 5.96. The molecule has 0 amide bonds. The highest BCUT2D eigenvalue weighted by atomic mass is 79.9. The largest absolute Gasteiger partial charge is 0.467 e. The maximum absolute atomic E-state index is 12.3. The number of carbonyl (C=O) groups is 4. The number of alkyl halides is 2. The Balaban J connectivity index is 3.66. The molecule has 0 aromatic carbocycles. The zero-order valence-electron chi connectivity index (χ0n) is 12.8. The van der Waals surface area contributed by atoms with Gasteiger partial charge in [-0.15, -0.1) is 0 Å². The Bertz CT molecular complexity index is 570. The Hall–Kier alpha value is -0.720. The van der Waals surface area contributed by atoms with Gasteiger partial charge in [-0.05, 0) is 0 Å². The summed E-state index contributed by atoms with van der Waals surface area (Å²) in [4.78, 5) is 48.2. The molecular formula is C12H12Br2O8S2. The molecule has 0 N–H and O–H groups in total. The molecule has 0 saturated carbocycles. The molecule has 0 fully saturated rings. The lowest BCUT2D eigenvalue weighted by molar-refractivity contribution is -0.147. The van der Waals surface area contributed by atoms with Crippen molar-refractivity contribution in [2.75, 3.05) is 28.4 Å². The van der Waals surface area contributed by atoms with Crippen molar-refractivity contribution in [2.24, 2.45) is 0 Å². The lowest BCUT2D eigenvalue weighted by Gasteiger charge is -2.40. The van der Waals surface area contributed by atoms with Gasteiger partial charge in [-0.25, -0.2) is 19.2 Å². The molecule has 0 aromatic rings. The topological polar surface area (TPSA) is 105 Å². The summed E-state index contributed by atoms with van der Waals surface area (Å²) in [7, 11) is 4.44. The van der Waals surface area contributed by atoms with Gasteiger partial charge < -0.3 is 18.9 Å². The second-order valence-electron chi connectivity index (χ2n) is 4.02. The lowest BCUT2D eigenvalue weighted by atomic mass is 10.3. The van der Waals surface area contributed by atoms with Crippen LogP contribution in [0.15, 0.2) is 9.81 Å². The van der Waals surface area contributed by atoms with Gasteiger partial charge in [0.2, 0.25) is 7.31 Å². The summed E-state index contributed by atoms with van der Waals surface area (Å²) in [6.45, 7) is 0. The number of esters is 4. The third-order valence-electron chi connectivity index (χ3n) is 2.74. The van der Waals surface area contributed by atoms with Crippen molar-refractivity contribution < 1.29 is 38.1 Å². The van der Waals surface area contributed by atoms with Crippen LogP contribution in [0.5, 0.6) is 0 Å². The first-order valence-corrected chi connectivity index (χ1v) is 9.18. The summed E-state index contributed by atoms with van der Waals surface area (Å²) in [5.41, 5.74) is 0. The van der Waals surface area contributed by atoms with Crippen LogP contribution < -0.4 is 0 Å². The number of carbonyl (C=O) groups excluding carboxylic acids is 4. The molecule has 0 bridgehead atoms. The van der Waals surface area contributed by atoms with Crippen LogP contribution in [0.1, 0.15) is 0 Å². The first-order chi connectivity index (χ1) is 11.1. The number of halogens is 2. The molecule has 12 heteroatoms. The van der Waals surface area contributed by atoms with Crippen molar-refractivity contribution in [2.45, 2.75) is 7.31 Å². The third-order valence-corrected chi connectivity index (χ3v) is 9.52. The standard InChI is InChI=1S/C12H12Br2O8S2/c1-19-7(15)5-6(8(16)20-2)24-12(14,10(18)22-4)11(13,23-5)9(17)21-3/h1-4H3/t11-,12+. The zero-order chi connectivity index (χ0) is 18.7. The van der Waals surface area contributed by atoms with E-state index >= 15 is 0 Å². The van der Waals surface area contributed by atoms with E-state index < -0.39 is 31.2 Å². The maximum atomic E-state index is 12.3. The van der Waals surface area contributed by atoms with E-state index in [1.165, 1.54) is 0 Å². The molecule has 0 aromatic heterocycles. The molecule has 0 spiro atoms. The van der Waals surface area contributed by atoms with Crippen molar-refractivity contribution in [3.05, 3.63) is 9.81 Å². The smallest absolute Gasteiger partial charge is 0.345 e. The third kappa shape index (κ3) is 3.46. The average molecular weight is 508 g/mol. The molecule has 134 valence electrons. The summed E-state index contributed by atoms with van der Waals surface area (Å²) < 4.78 is 15.1. The van der Waals surface area contributed by atoms with E-state index in [9.17, 15) is 19.2 Å². The van der Waals surface area contributed by atoms with Crippen molar-refractivity contribution in [3.8, 4) is 0 Å². The Labute approximate surface area is 162 Å². The molecule has 1 rings (SSSR count). The minimum absolute atomic E-state index is 0.212. The lowest BCUT2D eigenvalue weighted by Crippen LogP contribution is -2.54. The predicted molar refractivity (Wildman–Crippen MR) is 93.6 cm³/mol. The molecular weight excluding hydrogens is 496 g/mol. The van der Waals surface area contributed by atoms with Gasteiger partial charge in [0.25, 0.3) is 0 Å². The highest BCUT2D eigenvalue weighted by Crippen LogP contribution is 2.63. The number of hydrogen-bond donors (Lipinski definition) is 0. The molecule has 8 nitrogen and oxygen atoms in total. The van der Waals surface area contributed by atoms with Crippen LogP contribution in [-0.4, -0.2) is 59.6 Å². The minimum Gasteiger partial charge on any atom is -0.467 e. The summed E-state index contributed by atoms with van der Waals surface area (Å²) in [6, 6.07) is 0. The molecule has 1 aliphatic heterocycles. The van der Waals surface area contributed by atoms with Crippen molar-refractivity contribution in [1.82, 2.24) is 0 Å². The molecule has 1 heterocycles. The predicted octanol–water partition coefficient (Wildman–Crippen LogP) is 1.55. The number of thioether (sulfide) groups is 2. The highest BCUT2D eigenvalue weighted by Gasteiger charge is 2.66.